The number of aromatic nitrogens is 3. The molecule has 0 unspecified atom stereocenters. The van der Waals surface area contributed by atoms with Gasteiger partial charge in [0.1, 0.15) is 0 Å². The van der Waals surface area contributed by atoms with E-state index in [2.05, 4.69) is 121 Å². The Bertz CT molecular complexity index is 2180. The average molecular weight is 524 g/mol. The molecule has 0 fully saturated rings. The van der Waals surface area contributed by atoms with Gasteiger partial charge in [-0.2, -0.15) is 0 Å². The molecule has 0 saturated heterocycles. The molecule has 2 heterocycles. The second kappa shape index (κ2) is 9.35. The summed E-state index contributed by atoms with van der Waals surface area (Å²) in [5.74, 6) is 0.728. The molecule has 0 radical (unpaired) electrons. The van der Waals surface area contributed by atoms with Crippen LogP contribution in [0.25, 0.3) is 77.3 Å². The molecule has 192 valence electrons. The summed E-state index contributed by atoms with van der Waals surface area (Å²) in [5, 5.41) is 7.47. The Labute approximate surface area is 238 Å². The molecular weight excluding hydrogens is 498 g/mol. The van der Waals surface area contributed by atoms with Crippen molar-refractivity contribution in [2.24, 2.45) is 0 Å². The van der Waals surface area contributed by atoms with Gasteiger partial charge in [0.25, 0.3) is 0 Å². The smallest absolute Gasteiger partial charge is 0.161 e. The van der Waals surface area contributed by atoms with Crippen molar-refractivity contribution < 1.29 is 0 Å². The van der Waals surface area contributed by atoms with Crippen molar-refractivity contribution in [2.75, 3.05) is 0 Å². The Morgan fingerprint density at radius 1 is 0.488 bits per heavy atom. The number of aryl methyl sites for hydroxylation is 1. The van der Waals surface area contributed by atoms with Gasteiger partial charge in [-0.25, -0.2) is 9.97 Å². The van der Waals surface area contributed by atoms with Crippen molar-refractivity contribution in [1.29, 1.82) is 0 Å². The minimum absolute atomic E-state index is 0.728. The van der Waals surface area contributed by atoms with Gasteiger partial charge in [0, 0.05) is 34.6 Å². The Balaban J connectivity index is 1.34. The Morgan fingerprint density at radius 2 is 1.12 bits per heavy atom. The fraction of sp³-hybridized carbons (Fsp3) is 0.0263. The predicted octanol–water partition coefficient (Wildman–Crippen LogP) is 9.75. The third kappa shape index (κ3) is 3.94. The summed E-state index contributed by atoms with van der Waals surface area (Å²) in [5.41, 5.74) is 8.45. The van der Waals surface area contributed by atoms with Crippen LogP contribution in [-0.4, -0.2) is 15.0 Å². The summed E-state index contributed by atoms with van der Waals surface area (Å²) in [4.78, 5) is 14.6. The molecule has 0 amide bonds. The van der Waals surface area contributed by atoms with Crippen LogP contribution < -0.4 is 0 Å². The van der Waals surface area contributed by atoms with Gasteiger partial charge in [-0.15, -0.1) is 0 Å². The van der Waals surface area contributed by atoms with Crippen LogP contribution in [-0.2, 0) is 0 Å². The molecule has 0 saturated carbocycles. The van der Waals surface area contributed by atoms with Crippen molar-refractivity contribution in [3.05, 3.63) is 139 Å². The molecule has 6 aromatic carbocycles. The molecule has 0 aliphatic heterocycles. The molecule has 0 N–H and O–H groups in total. The van der Waals surface area contributed by atoms with E-state index in [1.54, 1.807) is 0 Å². The topological polar surface area (TPSA) is 38.7 Å². The van der Waals surface area contributed by atoms with Crippen molar-refractivity contribution >= 4 is 32.3 Å². The summed E-state index contributed by atoms with van der Waals surface area (Å²) in [6.07, 6.45) is 3.76. The molecule has 2 aromatic heterocycles. The van der Waals surface area contributed by atoms with Crippen molar-refractivity contribution in [1.82, 2.24) is 15.0 Å². The minimum atomic E-state index is 0.728. The van der Waals surface area contributed by atoms with E-state index in [0.717, 1.165) is 45.0 Å². The highest BCUT2D eigenvalue weighted by Gasteiger charge is 2.16. The first-order chi connectivity index (χ1) is 20.2. The predicted molar refractivity (Wildman–Crippen MR) is 170 cm³/mol. The van der Waals surface area contributed by atoms with Crippen LogP contribution >= 0.6 is 0 Å². The van der Waals surface area contributed by atoms with E-state index in [4.69, 9.17) is 9.97 Å². The Hall–Kier alpha value is -5.41. The van der Waals surface area contributed by atoms with Crippen molar-refractivity contribution in [3.8, 4) is 45.0 Å². The molecule has 8 rings (SSSR count). The highest BCUT2D eigenvalue weighted by Crippen LogP contribution is 2.39. The van der Waals surface area contributed by atoms with Gasteiger partial charge >= 0.3 is 0 Å². The van der Waals surface area contributed by atoms with Crippen LogP contribution in [0.3, 0.4) is 0 Å². The second-order valence-corrected chi connectivity index (χ2v) is 10.6. The third-order valence-corrected chi connectivity index (χ3v) is 8.10. The van der Waals surface area contributed by atoms with Gasteiger partial charge in [-0.05, 0) is 68.6 Å². The molecular formula is C38H25N3. The number of pyridine rings is 1. The van der Waals surface area contributed by atoms with Crippen LogP contribution in [0.15, 0.2) is 134 Å². The first kappa shape index (κ1) is 23.5. The van der Waals surface area contributed by atoms with E-state index in [9.17, 15) is 0 Å². The van der Waals surface area contributed by atoms with Crippen molar-refractivity contribution in [2.45, 2.75) is 6.92 Å². The minimum Gasteiger partial charge on any atom is -0.264 e. The molecule has 8 aromatic rings. The van der Waals surface area contributed by atoms with Gasteiger partial charge in [-0.3, -0.25) is 4.98 Å². The first-order valence-corrected chi connectivity index (χ1v) is 13.9. The summed E-state index contributed by atoms with van der Waals surface area (Å²) >= 11 is 0. The quantitative estimate of drug-likeness (QED) is 0.216. The molecule has 0 aliphatic rings. The van der Waals surface area contributed by atoms with E-state index >= 15 is 0 Å². The van der Waals surface area contributed by atoms with Gasteiger partial charge in [0.2, 0.25) is 0 Å². The summed E-state index contributed by atoms with van der Waals surface area (Å²) < 4.78 is 0. The lowest BCUT2D eigenvalue weighted by molar-refractivity contribution is 1.19. The standard InChI is InChI=1S/C38H25N3/c1-24-20-21-39-23-33(24)25-10-12-27(13-11-25)35-22-34(26-6-3-2-4-7-26)40-38(41-35)32-19-17-30-15-14-28-8-5-9-29-16-18-31(32)37(30)36(28)29/h2-23H,1H3. The highest BCUT2D eigenvalue weighted by atomic mass is 14.9. The van der Waals surface area contributed by atoms with Gasteiger partial charge in [0.05, 0.1) is 11.4 Å². The maximum atomic E-state index is 5.18. The fourth-order valence-corrected chi connectivity index (χ4v) is 5.99. The molecule has 41 heavy (non-hydrogen) atoms. The maximum Gasteiger partial charge on any atom is 0.161 e. The monoisotopic (exact) mass is 523 g/mol. The normalized spacial score (nSPS) is 11.5. The van der Waals surface area contributed by atoms with Crippen LogP contribution in [0.2, 0.25) is 0 Å². The largest absolute Gasteiger partial charge is 0.264 e. The van der Waals surface area contributed by atoms with Crippen LogP contribution in [0, 0.1) is 6.92 Å². The van der Waals surface area contributed by atoms with Crippen LogP contribution in [0.5, 0.6) is 0 Å². The SMILES string of the molecule is Cc1ccncc1-c1ccc(-c2cc(-c3ccccc3)nc(-c3ccc4ccc5cccc6ccc3c4c56)n2)cc1. The second-order valence-electron chi connectivity index (χ2n) is 10.6. The zero-order valence-electron chi connectivity index (χ0n) is 22.5. The lowest BCUT2D eigenvalue weighted by atomic mass is 9.91. The molecule has 3 heteroatoms. The summed E-state index contributed by atoms with van der Waals surface area (Å²) in [7, 11) is 0. The number of rotatable bonds is 4. The molecule has 0 bridgehead atoms. The number of hydrogen-bond donors (Lipinski definition) is 0. The zero-order chi connectivity index (χ0) is 27.3. The maximum absolute atomic E-state index is 5.18. The summed E-state index contributed by atoms with van der Waals surface area (Å²) in [6, 6.07) is 42.8. The van der Waals surface area contributed by atoms with Crippen molar-refractivity contribution in [3.63, 3.8) is 0 Å². The Kier molecular flexibility index (Phi) is 5.36. The van der Waals surface area contributed by atoms with Gasteiger partial charge in [-0.1, -0.05) is 103 Å². The van der Waals surface area contributed by atoms with Crippen LogP contribution in [0.4, 0.5) is 0 Å². The molecule has 3 nitrogen and oxygen atoms in total. The van der Waals surface area contributed by atoms with E-state index < -0.39 is 0 Å². The molecule has 0 atom stereocenters. The first-order valence-electron chi connectivity index (χ1n) is 13.9. The van der Waals surface area contributed by atoms with Crippen LogP contribution in [0.1, 0.15) is 5.56 Å². The fourth-order valence-electron chi connectivity index (χ4n) is 5.99. The lowest BCUT2D eigenvalue weighted by Gasteiger charge is -2.15. The number of nitrogens with zero attached hydrogens (tertiary/aromatic N) is 3. The number of benzene rings is 6. The Morgan fingerprint density at radius 3 is 1.85 bits per heavy atom. The van der Waals surface area contributed by atoms with E-state index in [-0.39, 0.29) is 0 Å². The molecule has 0 aliphatic carbocycles. The van der Waals surface area contributed by atoms with E-state index in [0.29, 0.717) is 0 Å². The third-order valence-electron chi connectivity index (χ3n) is 8.10. The zero-order valence-corrected chi connectivity index (χ0v) is 22.5. The van der Waals surface area contributed by atoms with E-state index in [1.165, 1.54) is 37.9 Å². The molecule has 0 spiro atoms. The average Bonchev–Trinajstić information content (AvgIpc) is 3.04. The lowest BCUT2D eigenvalue weighted by Crippen LogP contribution is -1.97. The highest BCUT2D eigenvalue weighted by molar-refractivity contribution is 6.25. The van der Waals surface area contributed by atoms with Gasteiger partial charge < -0.3 is 0 Å². The van der Waals surface area contributed by atoms with Gasteiger partial charge in [0.15, 0.2) is 5.82 Å². The summed E-state index contributed by atoms with van der Waals surface area (Å²) in [6.45, 7) is 2.12. The number of hydrogen-bond acceptors (Lipinski definition) is 3. The van der Waals surface area contributed by atoms with E-state index in [1.807, 2.05) is 24.5 Å².